The van der Waals surface area contributed by atoms with Gasteiger partial charge in [0.2, 0.25) is 0 Å². The van der Waals surface area contributed by atoms with Crippen molar-refractivity contribution in [2.24, 2.45) is 5.92 Å². The van der Waals surface area contributed by atoms with E-state index in [1.165, 1.54) is 4.90 Å². The van der Waals surface area contributed by atoms with E-state index in [1.54, 1.807) is 0 Å². The highest BCUT2D eigenvalue weighted by Crippen LogP contribution is 2.29. The largest absolute Gasteiger partial charge is 0.480 e. The first-order valence-electron chi connectivity index (χ1n) is 6.71. The number of carbonyl (C=O) groups is 2. The molecule has 1 heterocycles. The summed E-state index contributed by atoms with van der Waals surface area (Å²) in [6, 6.07) is 5.25. The number of amides is 2. The lowest BCUT2D eigenvalue weighted by atomic mass is 10.3. The molecule has 6 heteroatoms. The zero-order chi connectivity index (χ0) is 14.5. The molecule has 1 aromatic heterocycles. The number of carboxylic acid groups (broad SMARTS) is 1. The number of carboxylic acids is 1. The van der Waals surface area contributed by atoms with Crippen LogP contribution in [-0.2, 0) is 11.3 Å². The molecule has 2 rings (SSSR count). The van der Waals surface area contributed by atoms with Crippen molar-refractivity contribution in [1.29, 1.82) is 0 Å². The van der Waals surface area contributed by atoms with Crippen molar-refractivity contribution in [1.82, 2.24) is 15.2 Å². The van der Waals surface area contributed by atoms with Crippen molar-refractivity contribution in [3.8, 4) is 0 Å². The van der Waals surface area contributed by atoms with Gasteiger partial charge in [-0.3, -0.25) is 9.78 Å². The first-order chi connectivity index (χ1) is 9.54. The van der Waals surface area contributed by atoms with Crippen molar-refractivity contribution in [2.45, 2.75) is 26.3 Å². The number of pyridine rings is 1. The molecule has 0 aromatic carbocycles. The van der Waals surface area contributed by atoms with E-state index >= 15 is 0 Å². The van der Waals surface area contributed by atoms with Crippen molar-refractivity contribution in [2.75, 3.05) is 13.1 Å². The fraction of sp³-hybridized carbons (Fsp3) is 0.500. The van der Waals surface area contributed by atoms with Gasteiger partial charge in [-0.25, -0.2) is 4.79 Å². The molecular weight excluding hydrogens is 258 g/mol. The van der Waals surface area contributed by atoms with Gasteiger partial charge in [-0.15, -0.1) is 0 Å². The molecule has 0 aliphatic heterocycles. The second-order valence-electron chi connectivity index (χ2n) is 5.15. The lowest BCUT2D eigenvalue weighted by Gasteiger charge is -2.21. The SMILES string of the molecule is Cc1cccc(CNC(=O)N(CC(=O)O)CC2CC2)n1. The van der Waals surface area contributed by atoms with Gasteiger partial charge in [-0.2, -0.15) is 0 Å². The number of nitrogens with zero attached hydrogens (tertiary/aromatic N) is 2. The molecule has 1 aliphatic carbocycles. The number of aromatic nitrogens is 1. The molecule has 1 aromatic rings. The molecule has 2 N–H and O–H groups in total. The summed E-state index contributed by atoms with van der Waals surface area (Å²) in [5.41, 5.74) is 1.65. The third-order valence-corrected chi connectivity index (χ3v) is 3.16. The Labute approximate surface area is 117 Å². The van der Waals surface area contributed by atoms with Gasteiger partial charge in [0.15, 0.2) is 0 Å². The summed E-state index contributed by atoms with van der Waals surface area (Å²) in [5.74, 6) is -0.535. The minimum Gasteiger partial charge on any atom is -0.480 e. The predicted molar refractivity (Wildman–Crippen MR) is 73.1 cm³/mol. The Balaban J connectivity index is 1.88. The van der Waals surface area contributed by atoms with Crippen LogP contribution in [0, 0.1) is 12.8 Å². The Hall–Kier alpha value is -2.11. The molecule has 1 aliphatic rings. The number of rotatable bonds is 6. The third kappa shape index (κ3) is 4.53. The lowest BCUT2D eigenvalue weighted by molar-refractivity contribution is -0.137. The van der Waals surface area contributed by atoms with Crippen molar-refractivity contribution in [3.05, 3.63) is 29.6 Å². The van der Waals surface area contributed by atoms with Crippen LogP contribution in [0.2, 0.25) is 0 Å². The highest BCUT2D eigenvalue weighted by molar-refractivity contribution is 5.80. The van der Waals surface area contributed by atoms with Gasteiger partial charge in [0.25, 0.3) is 0 Å². The first-order valence-corrected chi connectivity index (χ1v) is 6.71. The van der Waals surface area contributed by atoms with E-state index in [0.717, 1.165) is 24.2 Å². The standard InChI is InChI=1S/C14H19N3O3/c1-10-3-2-4-12(16-10)7-15-14(20)17(9-13(18)19)8-11-5-6-11/h2-4,11H,5-9H2,1H3,(H,15,20)(H,18,19). The summed E-state index contributed by atoms with van der Waals surface area (Å²) in [4.78, 5) is 28.5. The van der Waals surface area contributed by atoms with Crippen LogP contribution in [0.25, 0.3) is 0 Å². The Morgan fingerprint density at radius 3 is 2.80 bits per heavy atom. The number of hydrogen-bond donors (Lipinski definition) is 2. The number of aliphatic carboxylic acids is 1. The highest BCUT2D eigenvalue weighted by Gasteiger charge is 2.27. The highest BCUT2D eigenvalue weighted by atomic mass is 16.4. The van der Waals surface area contributed by atoms with Crippen LogP contribution in [-0.4, -0.2) is 40.1 Å². The van der Waals surface area contributed by atoms with E-state index in [9.17, 15) is 9.59 Å². The average molecular weight is 277 g/mol. The second kappa shape index (κ2) is 6.36. The normalized spacial score (nSPS) is 13.8. The molecule has 6 nitrogen and oxygen atoms in total. The first kappa shape index (κ1) is 14.3. The zero-order valence-corrected chi connectivity index (χ0v) is 11.5. The van der Waals surface area contributed by atoms with Gasteiger partial charge in [0.05, 0.1) is 12.2 Å². The number of carbonyl (C=O) groups excluding carboxylic acids is 1. The summed E-state index contributed by atoms with van der Waals surface area (Å²) in [5, 5.41) is 11.6. The van der Waals surface area contributed by atoms with Gasteiger partial charge in [0.1, 0.15) is 6.54 Å². The Kier molecular flexibility index (Phi) is 4.55. The maximum absolute atomic E-state index is 12.0. The Bertz CT molecular complexity index is 500. The van der Waals surface area contributed by atoms with E-state index in [2.05, 4.69) is 10.3 Å². The molecule has 0 atom stereocenters. The van der Waals surface area contributed by atoms with Crippen LogP contribution in [0.3, 0.4) is 0 Å². The second-order valence-corrected chi connectivity index (χ2v) is 5.15. The molecule has 20 heavy (non-hydrogen) atoms. The van der Waals surface area contributed by atoms with Crippen molar-refractivity contribution < 1.29 is 14.7 Å². The molecule has 0 saturated heterocycles. The van der Waals surface area contributed by atoms with Crippen LogP contribution >= 0.6 is 0 Å². The number of urea groups is 1. The average Bonchev–Trinajstić information content (AvgIpc) is 3.19. The number of nitrogens with one attached hydrogen (secondary N) is 1. The Morgan fingerprint density at radius 1 is 1.45 bits per heavy atom. The van der Waals surface area contributed by atoms with Crippen molar-refractivity contribution in [3.63, 3.8) is 0 Å². The topological polar surface area (TPSA) is 82.5 Å². The van der Waals surface area contributed by atoms with Gasteiger partial charge < -0.3 is 15.3 Å². The molecule has 0 spiro atoms. The minimum atomic E-state index is -0.991. The molecule has 2 amide bonds. The van der Waals surface area contributed by atoms with E-state index in [0.29, 0.717) is 19.0 Å². The maximum atomic E-state index is 12.0. The molecular formula is C14H19N3O3. The summed E-state index contributed by atoms with van der Waals surface area (Å²) in [7, 11) is 0. The number of aryl methyl sites for hydroxylation is 1. The summed E-state index contributed by atoms with van der Waals surface area (Å²) < 4.78 is 0. The molecule has 0 unspecified atom stereocenters. The summed E-state index contributed by atoms with van der Waals surface area (Å²) >= 11 is 0. The van der Waals surface area contributed by atoms with Gasteiger partial charge in [0, 0.05) is 12.2 Å². The van der Waals surface area contributed by atoms with E-state index < -0.39 is 5.97 Å². The van der Waals surface area contributed by atoms with Crippen molar-refractivity contribution >= 4 is 12.0 Å². The van der Waals surface area contributed by atoms with Gasteiger partial charge in [-0.05, 0) is 37.8 Å². The van der Waals surface area contributed by atoms with Crippen LogP contribution in [0.4, 0.5) is 4.79 Å². The molecule has 0 bridgehead atoms. The number of hydrogen-bond acceptors (Lipinski definition) is 3. The van der Waals surface area contributed by atoms with E-state index in [1.807, 2.05) is 25.1 Å². The molecule has 108 valence electrons. The summed E-state index contributed by atoms with van der Waals surface area (Å²) in [6.45, 7) is 2.44. The predicted octanol–water partition coefficient (Wildman–Crippen LogP) is 1.40. The molecule has 1 saturated carbocycles. The van der Waals surface area contributed by atoms with Gasteiger partial charge >= 0.3 is 12.0 Å². The lowest BCUT2D eigenvalue weighted by Crippen LogP contribution is -2.43. The molecule has 0 radical (unpaired) electrons. The zero-order valence-electron chi connectivity index (χ0n) is 11.5. The van der Waals surface area contributed by atoms with Crippen LogP contribution in [0.5, 0.6) is 0 Å². The van der Waals surface area contributed by atoms with Crippen LogP contribution in [0.1, 0.15) is 24.2 Å². The fourth-order valence-electron chi connectivity index (χ4n) is 1.97. The van der Waals surface area contributed by atoms with E-state index in [4.69, 9.17) is 5.11 Å². The van der Waals surface area contributed by atoms with E-state index in [-0.39, 0.29) is 12.6 Å². The molecule has 1 fully saturated rings. The quantitative estimate of drug-likeness (QED) is 0.823. The smallest absolute Gasteiger partial charge is 0.323 e. The Morgan fingerprint density at radius 2 is 2.20 bits per heavy atom. The monoisotopic (exact) mass is 277 g/mol. The van der Waals surface area contributed by atoms with Gasteiger partial charge in [-0.1, -0.05) is 6.07 Å². The summed E-state index contributed by atoms with van der Waals surface area (Å²) in [6.07, 6.45) is 2.14. The minimum absolute atomic E-state index is 0.260. The van der Waals surface area contributed by atoms with Crippen LogP contribution in [0.15, 0.2) is 18.2 Å². The fourth-order valence-corrected chi connectivity index (χ4v) is 1.97. The maximum Gasteiger partial charge on any atom is 0.323 e. The third-order valence-electron chi connectivity index (χ3n) is 3.16. The van der Waals surface area contributed by atoms with Crippen LogP contribution < -0.4 is 5.32 Å².